The first kappa shape index (κ1) is 15.5. The highest BCUT2D eigenvalue weighted by Crippen LogP contribution is 2.15. The summed E-state index contributed by atoms with van der Waals surface area (Å²) in [6, 6.07) is 12.1. The van der Waals surface area contributed by atoms with E-state index in [-0.39, 0.29) is 5.91 Å². The van der Waals surface area contributed by atoms with Gasteiger partial charge in [0.2, 0.25) is 0 Å². The highest BCUT2D eigenvalue weighted by atomic mass is 127. The predicted molar refractivity (Wildman–Crippen MR) is 91.4 cm³/mol. The first-order valence-electron chi connectivity index (χ1n) is 6.45. The first-order chi connectivity index (χ1) is 9.58. The van der Waals surface area contributed by atoms with Gasteiger partial charge in [0.25, 0.3) is 5.91 Å². The van der Waals surface area contributed by atoms with Gasteiger partial charge in [-0.1, -0.05) is 6.07 Å². The molecule has 1 atom stereocenters. The first-order valence-corrected chi connectivity index (χ1v) is 8.41. The Morgan fingerprint density at radius 1 is 1.30 bits per heavy atom. The lowest BCUT2D eigenvalue weighted by atomic mass is 10.2. The molecular formula is C15H18IN2OS+. The van der Waals surface area contributed by atoms with E-state index in [1.807, 2.05) is 24.3 Å². The molecule has 1 aromatic heterocycles. The van der Waals surface area contributed by atoms with Crippen LogP contribution in [0.4, 0.5) is 0 Å². The Labute approximate surface area is 137 Å². The maximum atomic E-state index is 12.1. The van der Waals surface area contributed by atoms with Gasteiger partial charge in [-0.15, -0.1) is 11.3 Å². The Morgan fingerprint density at radius 3 is 2.55 bits per heavy atom. The molecule has 0 saturated heterocycles. The number of rotatable bonds is 5. The van der Waals surface area contributed by atoms with Crippen LogP contribution in [-0.2, 0) is 0 Å². The third kappa shape index (κ3) is 4.04. The fourth-order valence-electron chi connectivity index (χ4n) is 1.98. The average Bonchev–Trinajstić information content (AvgIpc) is 2.93. The number of likely N-dealkylation sites (N-methyl/N-ethyl adjacent to an activating group) is 1. The number of carbonyl (C=O) groups is 1. The van der Waals surface area contributed by atoms with Crippen LogP contribution in [-0.4, -0.2) is 26.5 Å². The molecule has 2 aromatic rings. The molecule has 0 aliphatic rings. The Bertz CT molecular complexity index is 552. The van der Waals surface area contributed by atoms with Crippen LogP contribution in [0.3, 0.4) is 0 Å². The van der Waals surface area contributed by atoms with Crippen molar-refractivity contribution in [1.82, 2.24) is 5.32 Å². The average molecular weight is 401 g/mol. The fourth-order valence-corrected chi connectivity index (χ4v) is 3.29. The second kappa shape index (κ2) is 7.19. The molecule has 1 aromatic carbocycles. The third-order valence-electron chi connectivity index (χ3n) is 3.16. The Kier molecular flexibility index (Phi) is 5.56. The lowest BCUT2D eigenvalue weighted by Gasteiger charge is -2.20. The van der Waals surface area contributed by atoms with Crippen LogP contribution < -0.4 is 10.2 Å². The van der Waals surface area contributed by atoms with Crippen LogP contribution in [0.5, 0.6) is 0 Å². The van der Waals surface area contributed by atoms with Crippen molar-refractivity contribution in [3.8, 4) is 0 Å². The van der Waals surface area contributed by atoms with Crippen molar-refractivity contribution in [2.45, 2.75) is 6.04 Å². The minimum absolute atomic E-state index is 0.00999. The molecule has 2 N–H and O–H groups in total. The zero-order valence-electron chi connectivity index (χ0n) is 11.5. The molecule has 0 radical (unpaired) electrons. The molecule has 0 spiro atoms. The molecule has 0 unspecified atom stereocenters. The van der Waals surface area contributed by atoms with E-state index in [4.69, 9.17) is 0 Å². The maximum Gasteiger partial charge on any atom is 0.251 e. The normalized spacial score (nSPS) is 12.4. The summed E-state index contributed by atoms with van der Waals surface area (Å²) in [6.07, 6.45) is 0. The molecule has 1 amide bonds. The van der Waals surface area contributed by atoms with E-state index >= 15 is 0 Å². The zero-order valence-corrected chi connectivity index (χ0v) is 14.5. The van der Waals surface area contributed by atoms with Gasteiger partial charge >= 0.3 is 0 Å². The van der Waals surface area contributed by atoms with Crippen molar-refractivity contribution in [3.63, 3.8) is 0 Å². The van der Waals surface area contributed by atoms with Gasteiger partial charge in [-0.3, -0.25) is 4.79 Å². The van der Waals surface area contributed by atoms with Gasteiger partial charge in [-0.25, -0.2) is 0 Å². The third-order valence-corrected chi connectivity index (χ3v) is 4.86. The van der Waals surface area contributed by atoms with Gasteiger partial charge in [0, 0.05) is 9.13 Å². The molecule has 1 heterocycles. The van der Waals surface area contributed by atoms with Crippen LogP contribution in [0, 0.1) is 3.57 Å². The van der Waals surface area contributed by atoms with E-state index in [1.54, 1.807) is 11.3 Å². The molecule has 3 nitrogen and oxygen atoms in total. The molecule has 106 valence electrons. The van der Waals surface area contributed by atoms with Gasteiger partial charge in [-0.2, -0.15) is 0 Å². The van der Waals surface area contributed by atoms with Crippen molar-refractivity contribution >= 4 is 39.8 Å². The summed E-state index contributed by atoms with van der Waals surface area (Å²) in [5, 5.41) is 5.11. The smallest absolute Gasteiger partial charge is 0.251 e. The van der Waals surface area contributed by atoms with E-state index in [2.05, 4.69) is 59.5 Å². The van der Waals surface area contributed by atoms with E-state index in [1.165, 1.54) is 9.78 Å². The topological polar surface area (TPSA) is 33.5 Å². The quantitative estimate of drug-likeness (QED) is 0.739. The summed E-state index contributed by atoms with van der Waals surface area (Å²) in [7, 11) is 4.23. The molecule has 20 heavy (non-hydrogen) atoms. The second-order valence-corrected chi connectivity index (χ2v) is 7.09. The predicted octanol–water partition coefficient (Wildman–Crippen LogP) is 1.97. The van der Waals surface area contributed by atoms with Gasteiger partial charge < -0.3 is 10.2 Å². The van der Waals surface area contributed by atoms with Crippen LogP contribution >= 0.6 is 33.9 Å². The number of halogens is 1. The number of hydrogen-bond acceptors (Lipinski definition) is 2. The largest absolute Gasteiger partial charge is 0.346 e. The molecule has 0 aliphatic heterocycles. The number of carbonyl (C=O) groups excluding carboxylic acids is 1. The minimum Gasteiger partial charge on any atom is -0.346 e. The molecule has 0 bridgehead atoms. The van der Waals surface area contributed by atoms with E-state index in [0.717, 1.165) is 3.57 Å². The summed E-state index contributed by atoms with van der Waals surface area (Å²) < 4.78 is 1.13. The highest BCUT2D eigenvalue weighted by molar-refractivity contribution is 14.1. The van der Waals surface area contributed by atoms with Crippen molar-refractivity contribution in [3.05, 3.63) is 55.8 Å². The molecule has 5 heteroatoms. The number of hydrogen-bond donors (Lipinski definition) is 2. The molecule has 2 rings (SSSR count). The highest BCUT2D eigenvalue weighted by Gasteiger charge is 2.19. The summed E-state index contributed by atoms with van der Waals surface area (Å²) in [5.74, 6) is -0.00999. The zero-order chi connectivity index (χ0) is 14.5. The Hall–Kier alpha value is -0.920. The summed E-state index contributed by atoms with van der Waals surface area (Å²) in [6.45, 7) is 0.646. The Balaban J connectivity index is 1.99. The maximum absolute atomic E-state index is 12.1. The summed E-state index contributed by atoms with van der Waals surface area (Å²) in [4.78, 5) is 14.7. The SMILES string of the molecule is C[NH+](C)[C@H](CNC(=O)c1ccc(I)cc1)c1cccs1. The molecule has 0 aliphatic carbocycles. The van der Waals surface area contributed by atoms with E-state index in [9.17, 15) is 4.79 Å². The number of thiophene rings is 1. The van der Waals surface area contributed by atoms with E-state index < -0.39 is 0 Å². The van der Waals surface area contributed by atoms with Gasteiger partial charge in [0.05, 0.1) is 25.5 Å². The van der Waals surface area contributed by atoms with Crippen molar-refractivity contribution in [2.24, 2.45) is 0 Å². The molecular weight excluding hydrogens is 383 g/mol. The summed E-state index contributed by atoms with van der Waals surface area (Å²) in [5.41, 5.74) is 0.712. The lowest BCUT2D eigenvalue weighted by Crippen LogP contribution is -3.06. The van der Waals surface area contributed by atoms with E-state index in [0.29, 0.717) is 18.2 Å². The minimum atomic E-state index is -0.00999. The van der Waals surface area contributed by atoms with Gasteiger partial charge in [0.1, 0.15) is 6.04 Å². The number of nitrogens with one attached hydrogen (secondary N) is 2. The molecule has 0 saturated carbocycles. The number of amides is 1. The van der Waals surface area contributed by atoms with Crippen LogP contribution in [0.15, 0.2) is 41.8 Å². The number of benzene rings is 1. The monoisotopic (exact) mass is 401 g/mol. The molecule has 0 fully saturated rings. The van der Waals surface area contributed by atoms with Gasteiger partial charge in [0.15, 0.2) is 0 Å². The van der Waals surface area contributed by atoms with Crippen LogP contribution in [0.25, 0.3) is 0 Å². The van der Waals surface area contributed by atoms with Gasteiger partial charge in [-0.05, 0) is 58.3 Å². The Morgan fingerprint density at radius 2 is 2.00 bits per heavy atom. The fraction of sp³-hybridized carbons (Fsp3) is 0.267. The summed E-state index contributed by atoms with van der Waals surface area (Å²) >= 11 is 3.97. The standard InChI is InChI=1S/C15H17IN2OS/c1-18(2)13(14-4-3-9-20-14)10-17-15(19)11-5-7-12(16)8-6-11/h3-9,13H,10H2,1-2H3,(H,17,19)/p+1/t13-/m1/s1. The van der Waals surface area contributed by atoms with Crippen LogP contribution in [0.2, 0.25) is 0 Å². The lowest BCUT2D eigenvalue weighted by molar-refractivity contribution is -0.890. The van der Waals surface area contributed by atoms with Crippen molar-refractivity contribution in [2.75, 3.05) is 20.6 Å². The van der Waals surface area contributed by atoms with Crippen molar-refractivity contribution < 1.29 is 9.69 Å². The van der Waals surface area contributed by atoms with Crippen LogP contribution in [0.1, 0.15) is 21.3 Å². The van der Waals surface area contributed by atoms with Crippen molar-refractivity contribution in [1.29, 1.82) is 0 Å². The number of quaternary nitrogens is 1. The second-order valence-electron chi connectivity index (χ2n) is 4.86.